The first-order valence-electron chi connectivity index (χ1n) is 8.27. The van der Waals surface area contributed by atoms with Crippen LogP contribution in [-0.2, 0) is 11.8 Å². The van der Waals surface area contributed by atoms with E-state index in [0.717, 1.165) is 48.6 Å². The van der Waals surface area contributed by atoms with Crippen LogP contribution in [0.15, 0.2) is 12.3 Å². The average Bonchev–Trinajstić information content (AvgIpc) is 3.16. The van der Waals surface area contributed by atoms with Crippen LogP contribution in [0.5, 0.6) is 0 Å². The predicted octanol–water partition coefficient (Wildman–Crippen LogP) is 2.27. The number of aryl methyl sites for hydroxylation is 2. The summed E-state index contributed by atoms with van der Waals surface area (Å²) in [6.45, 7) is 7.62. The molecule has 2 aromatic rings. The van der Waals surface area contributed by atoms with Crippen molar-refractivity contribution in [2.24, 2.45) is 7.05 Å². The Bertz CT molecular complexity index is 688. The minimum Gasteiger partial charge on any atom is -0.342 e. The quantitative estimate of drug-likeness (QED) is 0.945. The number of likely N-dealkylation sites (tertiary alicyclic amines) is 1. The van der Waals surface area contributed by atoms with Crippen molar-refractivity contribution in [2.75, 3.05) is 13.1 Å². The van der Waals surface area contributed by atoms with Gasteiger partial charge < -0.3 is 4.90 Å². The Morgan fingerprint density at radius 3 is 2.83 bits per heavy atom. The fraction of sp³-hybridized carbons (Fsp3) is 0.588. The van der Waals surface area contributed by atoms with E-state index in [1.807, 2.05) is 43.5 Å². The number of aromatic amines is 1. The van der Waals surface area contributed by atoms with E-state index in [4.69, 9.17) is 0 Å². The third-order valence-corrected chi connectivity index (χ3v) is 5.06. The van der Waals surface area contributed by atoms with Gasteiger partial charge in [-0.25, -0.2) is 0 Å². The minimum atomic E-state index is -0.149. The van der Waals surface area contributed by atoms with Gasteiger partial charge in [-0.05, 0) is 39.7 Å². The van der Waals surface area contributed by atoms with Crippen LogP contribution in [0, 0.1) is 13.8 Å². The molecule has 0 unspecified atom stereocenters. The van der Waals surface area contributed by atoms with Crippen molar-refractivity contribution in [1.29, 1.82) is 0 Å². The molecule has 0 saturated carbocycles. The lowest BCUT2D eigenvalue weighted by atomic mass is 9.92. The molecule has 1 saturated heterocycles. The number of H-pyrrole nitrogens is 1. The lowest BCUT2D eigenvalue weighted by Crippen LogP contribution is -2.41. The number of carbonyl (C=O) groups excluding carboxylic acids is 1. The third kappa shape index (κ3) is 2.90. The molecule has 0 spiro atoms. The molecule has 1 aliphatic heterocycles. The second-order valence-corrected chi connectivity index (χ2v) is 6.57. The van der Waals surface area contributed by atoms with E-state index in [-0.39, 0.29) is 11.8 Å². The Labute approximate surface area is 136 Å². The molecule has 1 N–H and O–H groups in total. The lowest BCUT2D eigenvalue weighted by Gasteiger charge is -2.34. The van der Waals surface area contributed by atoms with E-state index in [0.29, 0.717) is 5.92 Å². The maximum Gasteiger partial charge on any atom is 0.229 e. The van der Waals surface area contributed by atoms with Crippen molar-refractivity contribution >= 4 is 5.91 Å². The fourth-order valence-electron chi connectivity index (χ4n) is 3.74. The third-order valence-electron chi connectivity index (χ3n) is 5.06. The highest BCUT2D eigenvalue weighted by atomic mass is 16.2. The van der Waals surface area contributed by atoms with Gasteiger partial charge in [-0.2, -0.15) is 10.2 Å². The number of nitrogens with one attached hydrogen (secondary N) is 1. The molecule has 0 aliphatic carbocycles. The summed E-state index contributed by atoms with van der Waals surface area (Å²) in [4.78, 5) is 15.0. The summed E-state index contributed by atoms with van der Waals surface area (Å²) in [5.41, 5.74) is 4.23. The first-order valence-corrected chi connectivity index (χ1v) is 8.27. The Morgan fingerprint density at radius 1 is 1.43 bits per heavy atom. The maximum atomic E-state index is 13.0. The van der Waals surface area contributed by atoms with Crippen LogP contribution < -0.4 is 0 Å². The van der Waals surface area contributed by atoms with Crippen molar-refractivity contribution in [1.82, 2.24) is 24.9 Å². The average molecular weight is 315 g/mol. The Hall–Kier alpha value is -2.11. The van der Waals surface area contributed by atoms with Crippen molar-refractivity contribution in [3.63, 3.8) is 0 Å². The highest BCUT2D eigenvalue weighted by Gasteiger charge is 2.31. The molecule has 3 rings (SSSR count). The number of hydrogen-bond donors (Lipinski definition) is 1. The first-order chi connectivity index (χ1) is 11.0. The Kier molecular flexibility index (Phi) is 4.24. The SMILES string of the molecule is Cc1nn(C)c(C)c1[C@H](C)C(=O)N1CCC[C@H](c2ccn[nH]2)C1. The van der Waals surface area contributed by atoms with Gasteiger partial charge in [0, 0.05) is 49.2 Å². The van der Waals surface area contributed by atoms with Crippen molar-refractivity contribution in [3.05, 3.63) is 34.9 Å². The molecule has 6 heteroatoms. The maximum absolute atomic E-state index is 13.0. The van der Waals surface area contributed by atoms with E-state index in [1.54, 1.807) is 6.20 Å². The zero-order valence-corrected chi connectivity index (χ0v) is 14.3. The fourth-order valence-corrected chi connectivity index (χ4v) is 3.74. The molecular weight excluding hydrogens is 290 g/mol. The molecule has 2 atom stereocenters. The van der Waals surface area contributed by atoms with E-state index in [9.17, 15) is 4.79 Å². The number of hydrogen-bond acceptors (Lipinski definition) is 3. The predicted molar refractivity (Wildman–Crippen MR) is 88.2 cm³/mol. The highest BCUT2D eigenvalue weighted by Crippen LogP contribution is 2.29. The van der Waals surface area contributed by atoms with Crippen molar-refractivity contribution in [2.45, 2.75) is 45.4 Å². The topological polar surface area (TPSA) is 66.8 Å². The standard InChI is InChI=1S/C17H25N5O/c1-11(16-12(2)20-21(4)13(16)3)17(23)22-9-5-6-14(10-22)15-7-8-18-19-15/h7-8,11,14H,5-6,9-10H2,1-4H3,(H,18,19)/t11-,14-/m0/s1. The summed E-state index contributed by atoms with van der Waals surface area (Å²) in [7, 11) is 1.93. The van der Waals surface area contributed by atoms with E-state index in [2.05, 4.69) is 15.3 Å². The zero-order valence-electron chi connectivity index (χ0n) is 14.3. The van der Waals surface area contributed by atoms with Gasteiger partial charge in [-0.3, -0.25) is 14.6 Å². The molecule has 1 amide bonds. The number of carbonyl (C=O) groups is 1. The van der Waals surface area contributed by atoms with Gasteiger partial charge in [0.25, 0.3) is 0 Å². The minimum absolute atomic E-state index is 0.149. The van der Waals surface area contributed by atoms with Gasteiger partial charge in [-0.15, -0.1) is 0 Å². The summed E-state index contributed by atoms with van der Waals surface area (Å²) < 4.78 is 1.86. The summed E-state index contributed by atoms with van der Waals surface area (Å²) >= 11 is 0. The molecule has 0 aromatic carbocycles. The van der Waals surface area contributed by atoms with Gasteiger partial charge >= 0.3 is 0 Å². The van der Waals surface area contributed by atoms with Crippen LogP contribution >= 0.6 is 0 Å². The van der Waals surface area contributed by atoms with Gasteiger partial charge in [-0.1, -0.05) is 0 Å². The number of piperidine rings is 1. The van der Waals surface area contributed by atoms with Gasteiger partial charge in [0.15, 0.2) is 0 Å². The first kappa shape index (κ1) is 15.8. The lowest BCUT2D eigenvalue weighted by molar-refractivity contribution is -0.133. The smallest absolute Gasteiger partial charge is 0.229 e. The van der Waals surface area contributed by atoms with Crippen LogP contribution in [0.25, 0.3) is 0 Å². The molecule has 1 fully saturated rings. The summed E-state index contributed by atoms with van der Waals surface area (Å²) in [5, 5.41) is 11.5. The normalized spacial score (nSPS) is 19.8. The molecule has 124 valence electrons. The Balaban J connectivity index is 1.77. The molecule has 6 nitrogen and oxygen atoms in total. The molecule has 3 heterocycles. The van der Waals surface area contributed by atoms with Crippen LogP contribution in [0.1, 0.15) is 54.2 Å². The van der Waals surface area contributed by atoms with Crippen LogP contribution in [0.2, 0.25) is 0 Å². The largest absolute Gasteiger partial charge is 0.342 e. The van der Waals surface area contributed by atoms with E-state index in [1.165, 1.54) is 0 Å². The Morgan fingerprint density at radius 2 is 2.22 bits per heavy atom. The van der Waals surface area contributed by atoms with Crippen LogP contribution in [-0.4, -0.2) is 43.9 Å². The number of amides is 1. The number of aromatic nitrogens is 4. The summed E-state index contributed by atoms with van der Waals surface area (Å²) in [5.74, 6) is 0.413. The monoisotopic (exact) mass is 315 g/mol. The summed E-state index contributed by atoms with van der Waals surface area (Å²) in [6, 6.07) is 2.01. The second-order valence-electron chi connectivity index (χ2n) is 6.57. The molecule has 0 bridgehead atoms. The molecule has 2 aromatic heterocycles. The van der Waals surface area contributed by atoms with Gasteiger partial charge in [0.2, 0.25) is 5.91 Å². The molecular formula is C17H25N5O. The molecule has 0 radical (unpaired) electrons. The summed E-state index contributed by atoms with van der Waals surface area (Å²) in [6.07, 6.45) is 3.92. The number of rotatable bonds is 3. The van der Waals surface area contributed by atoms with Crippen molar-refractivity contribution < 1.29 is 4.79 Å². The van der Waals surface area contributed by atoms with E-state index >= 15 is 0 Å². The molecule has 1 aliphatic rings. The van der Waals surface area contributed by atoms with Gasteiger partial charge in [0.1, 0.15) is 0 Å². The van der Waals surface area contributed by atoms with E-state index < -0.39 is 0 Å². The zero-order chi connectivity index (χ0) is 16.6. The number of nitrogens with zero attached hydrogens (tertiary/aromatic N) is 4. The van der Waals surface area contributed by atoms with Crippen LogP contribution in [0.3, 0.4) is 0 Å². The van der Waals surface area contributed by atoms with Crippen molar-refractivity contribution in [3.8, 4) is 0 Å². The highest BCUT2D eigenvalue weighted by molar-refractivity contribution is 5.84. The van der Waals surface area contributed by atoms with Gasteiger partial charge in [0.05, 0.1) is 11.6 Å². The second kappa shape index (κ2) is 6.18. The molecule has 23 heavy (non-hydrogen) atoms. The van der Waals surface area contributed by atoms with Crippen LogP contribution in [0.4, 0.5) is 0 Å².